The highest BCUT2D eigenvalue weighted by Crippen LogP contribution is 2.27. The fourth-order valence-corrected chi connectivity index (χ4v) is 4.57. The number of imidazole rings is 1. The Labute approximate surface area is 197 Å². The van der Waals surface area contributed by atoms with E-state index in [1.54, 1.807) is 0 Å². The smallest absolute Gasteiger partial charge is 0.193 e. The monoisotopic (exact) mass is 522 g/mol. The minimum Gasteiger partial charge on any atom is -0.352 e. The van der Waals surface area contributed by atoms with Crippen LogP contribution in [0.3, 0.4) is 0 Å². The predicted octanol–water partition coefficient (Wildman–Crippen LogP) is 3.76. The van der Waals surface area contributed by atoms with Crippen LogP contribution in [-0.2, 0) is 13.1 Å². The van der Waals surface area contributed by atoms with Gasteiger partial charge in [0.15, 0.2) is 5.96 Å². The van der Waals surface area contributed by atoms with Gasteiger partial charge in [-0.2, -0.15) is 0 Å². The van der Waals surface area contributed by atoms with Crippen molar-refractivity contribution >= 4 is 29.9 Å². The second-order valence-corrected chi connectivity index (χ2v) is 8.49. The molecule has 2 aliphatic rings. The molecule has 0 amide bonds. The lowest BCUT2D eigenvalue weighted by Crippen LogP contribution is -2.48. The third-order valence-electron chi connectivity index (χ3n) is 6.42. The first-order valence-corrected chi connectivity index (χ1v) is 11.0. The average Bonchev–Trinajstić information content (AvgIpc) is 3.45. The van der Waals surface area contributed by atoms with Crippen LogP contribution >= 0.6 is 24.0 Å². The van der Waals surface area contributed by atoms with E-state index >= 15 is 0 Å². The highest BCUT2D eigenvalue weighted by atomic mass is 127. The molecule has 30 heavy (non-hydrogen) atoms. The average molecular weight is 522 g/mol. The molecule has 1 aromatic carbocycles. The lowest BCUT2D eigenvalue weighted by atomic mass is 9.93. The fourth-order valence-electron chi connectivity index (χ4n) is 4.57. The molecule has 1 N–H and O–H groups in total. The van der Waals surface area contributed by atoms with Gasteiger partial charge in [0.05, 0.1) is 12.4 Å². The number of aliphatic imine (C=N–C) groups is 1. The van der Waals surface area contributed by atoms with Crippen molar-refractivity contribution in [3.8, 4) is 0 Å². The number of rotatable bonds is 5. The van der Waals surface area contributed by atoms with E-state index in [0.29, 0.717) is 12.0 Å². The van der Waals surface area contributed by atoms with Crippen LogP contribution in [0, 0.1) is 5.92 Å². The van der Waals surface area contributed by atoms with Crippen LogP contribution in [0.25, 0.3) is 0 Å². The zero-order valence-corrected chi connectivity index (χ0v) is 20.5. The second-order valence-electron chi connectivity index (χ2n) is 8.49. The van der Waals surface area contributed by atoms with E-state index in [0.717, 1.165) is 38.6 Å². The molecular weight excluding hydrogens is 487 g/mol. The quantitative estimate of drug-likeness (QED) is 0.369. The second kappa shape index (κ2) is 11.1. The molecule has 0 bridgehead atoms. The summed E-state index contributed by atoms with van der Waals surface area (Å²) in [6.07, 6.45) is 9.73. The number of halogens is 1. The Balaban J connectivity index is 0.00000256. The number of hydrogen-bond donors (Lipinski definition) is 1. The van der Waals surface area contributed by atoms with Gasteiger partial charge in [-0.3, -0.25) is 9.89 Å². The number of likely N-dealkylation sites (tertiary alicyclic amines) is 2. The van der Waals surface area contributed by atoms with Gasteiger partial charge in [-0.25, -0.2) is 4.98 Å². The molecule has 0 saturated carbocycles. The molecule has 0 radical (unpaired) electrons. The minimum absolute atomic E-state index is 0. The number of piperidine rings is 1. The van der Waals surface area contributed by atoms with Crippen molar-refractivity contribution in [2.24, 2.45) is 10.9 Å². The Kier molecular flexibility index (Phi) is 8.56. The number of benzene rings is 1. The predicted molar refractivity (Wildman–Crippen MR) is 133 cm³/mol. The third kappa shape index (κ3) is 5.75. The maximum atomic E-state index is 4.55. The molecule has 2 aliphatic heterocycles. The SMILES string of the molecule is CN=C(NCc1ccc(CN2CCCC2)cc1)N1CCC(C)C(n2ccnc2)C1.I. The van der Waals surface area contributed by atoms with Crippen LogP contribution in [-0.4, -0.2) is 58.5 Å². The number of nitrogens with one attached hydrogen (secondary N) is 1. The molecule has 2 saturated heterocycles. The zero-order valence-electron chi connectivity index (χ0n) is 18.2. The van der Waals surface area contributed by atoms with Crippen LogP contribution in [0.5, 0.6) is 0 Å². The maximum absolute atomic E-state index is 4.55. The number of hydrogen-bond acceptors (Lipinski definition) is 3. The Bertz CT molecular complexity index is 783. The highest BCUT2D eigenvalue weighted by Gasteiger charge is 2.28. The lowest BCUT2D eigenvalue weighted by molar-refractivity contribution is 0.189. The number of guanidine groups is 1. The molecule has 2 unspecified atom stereocenters. The van der Waals surface area contributed by atoms with Gasteiger partial charge in [0, 0.05) is 45.6 Å². The van der Waals surface area contributed by atoms with Gasteiger partial charge in [-0.05, 0) is 49.4 Å². The van der Waals surface area contributed by atoms with Crippen LogP contribution < -0.4 is 5.32 Å². The summed E-state index contributed by atoms with van der Waals surface area (Å²) in [6.45, 7) is 8.71. The molecule has 6 nitrogen and oxygen atoms in total. The van der Waals surface area contributed by atoms with E-state index in [-0.39, 0.29) is 24.0 Å². The summed E-state index contributed by atoms with van der Waals surface area (Å²) in [6, 6.07) is 9.48. The Morgan fingerprint density at radius 2 is 1.87 bits per heavy atom. The van der Waals surface area contributed by atoms with Crippen molar-refractivity contribution in [3.05, 3.63) is 54.1 Å². The summed E-state index contributed by atoms with van der Waals surface area (Å²) in [4.78, 5) is 13.7. The summed E-state index contributed by atoms with van der Waals surface area (Å²) < 4.78 is 2.24. The molecular formula is C23H35IN6. The van der Waals surface area contributed by atoms with Crippen LogP contribution in [0.15, 0.2) is 48.0 Å². The van der Waals surface area contributed by atoms with Gasteiger partial charge in [-0.15, -0.1) is 24.0 Å². The topological polar surface area (TPSA) is 48.7 Å². The molecule has 1 aromatic heterocycles. The highest BCUT2D eigenvalue weighted by molar-refractivity contribution is 14.0. The first-order chi connectivity index (χ1) is 14.2. The van der Waals surface area contributed by atoms with Crippen molar-refractivity contribution in [1.82, 2.24) is 24.7 Å². The third-order valence-corrected chi connectivity index (χ3v) is 6.42. The molecule has 164 valence electrons. The molecule has 0 aliphatic carbocycles. The summed E-state index contributed by atoms with van der Waals surface area (Å²) in [5.74, 6) is 1.63. The van der Waals surface area contributed by atoms with Gasteiger partial charge in [0.25, 0.3) is 0 Å². The standard InChI is InChI=1S/C23H34N6.HI/c1-19-9-13-28(17-22(19)29-14-10-25-18-29)23(24-2)26-15-20-5-7-21(8-6-20)16-27-11-3-4-12-27;/h5-8,10,14,18-19,22H,3-4,9,11-13,15-17H2,1-2H3,(H,24,26);1H. The van der Waals surface area contributed by atoms with Gasteiger partial charge in [-0.1, -0.05) is 31.2 Å². The van der Waals surface area contributed by atoms with Gasteiger partial charge in [0.2, 0.25) is 0 Å². The lowest BCUT2D eigenvalue weighted by Gasteiger charge is -2.39. The molecule has 2 aromatic rings. The van der Waals surface area contributed by atoms with Crippen molar-refractivity contribution in [3.63, 3.8) is 0 Å². The van der Waals surface area contributed by atoms with E-state index in [9.17, 15) is 0 Å². The van der Waals surface area contributed by atoms with E-state index < -0.39 is 0 Å². The van der Waals surface area contributed by atoms with Crippen LogP contribution in [0.1, 0.15) is 43.4 Å². The Morgan fingerprint density at radius 1 is 1.13 bits per heavy atom. The van der Waals surface area contributed by atoms with Gasteiger partial charge < -0.3 is 14.8 Å². The number of nitrogens with zero attached hydrogens (tertiary/aromatic N) is 5. The van der Waals surface area contributed by atoms with E-state index in [1.807, 2.05) is 19.6 Å². The van der Waals surface area contributed by atoms with Crippen molar-refractivity contribution in [2.75, 3.05) is 33.2 Å². The summed E-state index contributed by atoms with van der Waals surface area (Å²) in [7, 11) is 1.88. The molecule has 2 atom stereocenters. The van der Waals surface area contributed by atoms with Gasteiger partial charge >= 0.3 is 0 Å². The van der Waals surface area contributed by atoms with Crippen LogP contribution in [0.4, 0.5) is 0 Å². The summed E-state index contributed by atoms with van der Waals surface area (Å²) in [5.41, 5.74) is 2.71. The van der Waals surface area contributed by atoms with E-state index in [4.69, 9.17) is 0 Å². The van der Waals surface area contributed by atoms with E-state index in [2.05, 4.69) is 67.0 Å². The molecule has 0 spiro atoms. The van der Waals surface area contributed by atoms with Crippen molar-refractivity contribution in [2.45, 2.75) is 45.3 Å². The van der Waals surface area contributed by atoms with E-state index in [1.165, 1.54) is 37.1 Å². The van der Waals surface area contributed by atoms with Crippen molar-refractivity contribution in [1.29, 1.82) is 0 Å². The summed E-state index contributed by atoms with van der Waals surface area (Å²) in [5, 5.41) is 3.57. The maximum Gasteiger partial charge on any atom is 0.193 e. The Morgan fingerprint density at radius 3 is 2.53 bits per heavy atom. The minimum atomic E-state index is 0. The molecule has 2 fully saturated rings. The number of aromatic nitrogens is 2. The van der Waals surface area contributed by atoms with Gasteiger partial charge in [0.1, 0.15) is 0 Å². The van der Waals surface area contributed by atoms with Crippen LogP contribution in [0.2, 0.25) is 0 Å². The largest absolute Gasteiger partial charge is 0.352 e. The fraction of sp³-hybridized carbons (Fsp3) is 0.565. The molecule has 3 heterocycles. The summed E-state index contributed by atoms with van der Waals surface area (Å²) >= 11 is 0. The first-order valence-electron chi connectivity index (χ1n) is 11.0. The molecule has 4 rings (SSSR count). The normalized spacial score (nSPS) is 22.7. The first kappa shape index (κ1) is 23.1. The Hall–Kier alpha value is -1.61. The van der Waals surface area contributed by atoms with Crippen molar-refractivity contribution < 1.29 is 0 Å². The zero-order chi connectivity index (χ0) is 20.1. The molecule has 7 heteroatoms.